The summed E-state index contributed by atoms with van der Waals surface area (Å²) in [5.41, 5.74) is 3.50. The van der Waals surface area contributed by atoms with Gasteiger partial charge in [0.1, 0.15) is 17.1 Å². The first-order valence-electron chi connectivity index (χ1n) is 13.4. The van der Waals surface area contributed by atoms with Crippen molar-refractivity contribution in [3.8, 4) is 11.5 Å². The average Bonchev–Trinajstić information content (AvgIpc) is 2.79. The number of ether oxygens (including phenoxy) is 2. The molecule has 1 aliphatic carbocycles. The van der Waals surface area contributed by atoms with Gasteiger partial charge in [-0.1, -0.05) is 31.4 Å². The van der Waals surface area contributed by atoms with Crippen LogP contribution >= 0.6 is 11.8 Å². The third-order valence-corrected chi connectivity index (χ3v) is 8.70. The van der Waals surface area contributed by atoms with Gasteiger partial charge in [-0.05, 0) is 77.1 Å². The van der Waals surface area contributed by atoms with Crippen LogP contribution in [-0.4, -0.2) is 47.6 Å². The van der Waals surface area contributed by atoms with E-state index in [0.29, 0.717) is 12.3 Å². The van der Waals surface area contributed by atoms with Gasteiger partial charge in [0.2, 0.25) is 0 Å². The molecule has 4 nitrogen and oxygen atoms in total. The molecule has 2 atom stereocenters. The monoisotopic (exact) mass is 485 g/mol. The van der Waals surface area contributed by atoms with Crippen molar-refractivity contribution in [2.45, 2.75) is 90.6 Å². The quantitative estimate of drug-likeness (QED) is 0.167. The summed E-state index contributed by atoms with van der Waals surface area (Å²) in [7, 11) is 0. The van der Waals surface area contributed by atoms with E-state index >= 15 is 0 Å². The van der Waals surface area contributed by atoms with Gasteiger partial charge in [-0.2, -0.15) is 11.8 Å². The van der Waals surface area contributed by atoms with E-state index in [2.05, 4.69) is 50.8 Å². The summed E-state index contributed by atoms with van der Waals surface area (Å²) in [5, 5.41) is 0. The number of benzene rings is 1. The Hall–Kier alpha value is -1.46. The van der Waals surface area contributed by atoms with Crippen LogP contribution in [0.5, 0.6) is 11.5 Å². The predicted molar refractivity (Wildman–Crippen MR) is 142 cm³/mol. The maximum atomic E-state index is 13.0. The normalized spacial score (nSPS) is 23.9. The lowest BCUT2D eigenvalue weighted by atomic mass is 9.68. The van der Waals surface area contributed by atoms with Gasteiger partial charge < -0.3 is 14.4 Å². The van der Waals surface area contributed by atoms with Gasteiger partial charge in [-0.15, -0.1) is 0 Å². The fraction of sp³-hybridized carbons (Fsp3) is 0.690. The molecule has 1 saturated heterocycles. The van der Waals surface area contributed by atoms with E-state index in [0.717, 1.165) is 68.8 Å². The molecule has 2 unspecified atom stereocenters. The average molecular weight is 486 g/mol. The summed E-state index contributed by atoms with van der Waals surface area (Å²) >= 11 is 2.02. The zero-order valence-electron chi connectivity index (χ0n) is 21.7. The number of rotatable bonds is 9. The van der Waals surface area contributed by atoms with E-state index in [1.54, 1.807) is 0 Å². The number of fused-ring (bicyclic) bond motifs is 3. The molecule has 0 spiro atoms. The Morgan fingerprint density at radius 3 is 2.76 bits per heavy atom. The molecule has 0 radical (unpaired) electrons. The molecule has 0 aromatic heterocycles. The van der Waals surface area contributed by atoms with Gasteiger partial charge >= 0.3 is 5.97 Å². The molecule has 1 aromatic rings. The summed E-state index contributed by atoms with van der Waals surface area (Å²) in [6.07, 6.45) is 10.5. The minimum atomic E-state index is -0.231. The van der Waals surface area contributed by atoms with E-state index in [1.165, 1.54) is 35.5 Å². The van der Waals surface area contributed by atoms with Crippen molar-refractivity contribution in [1.29, 1.82) is 0 Å². The zero-order chi connectivity index (χ0) is 24.1. The fourth-order valence-corrected chi connectivity index (χ4v) is 6.79. The molecule has 0 amide bonds. The van der Waals surface area contributed by atoms with Crippen molar-refractivity contribution in [3.63, 3.8) is 0 Å². The lowest BCUT2D eigenvalue weighted by Crippen LogP contribution is -2.45. The Bertz CT molecular complexity index is 888. The lowest BCUT2D eigenvalue weighted by molar-refractivity contribution is -0.134. The van der Waals surface area contributed by atoms with Crippen molar-refractivity contribution in [2.24, 2.45) is 5.92 Å². The molecule has 188 valence electrons. The first kappa shape index (κ1) is 25.6. The van der Waals surface area contributed by atoms with Crippen molar-refractivity contribution < 1.29 is 14.3 Å². The Labute approximate surface area is 210 Å². The zero-order valence-corrected chi connectivity index (χ0v) is 22.5. The summed E-state index contributed by atoms with van der Waals surface area (Å²) < 4.78 is 12.8. The Morgan fingerprint density at radius 2 is 2.00 bits per heavy atom. The highest BCUT2D eigenvalue weighted by Gasteiger charge is 2.45. The fourth-order valence-electron chi connectivity index (χ4n) is 5.81. The molecular formula is C29H43NO3S. The van der Waals surface area contributed by atoms with Crippen LogP contribution in [-0.2, 0) is 11.2 Å². The standard InChI is InChI=1S/C29H43NO3S/c1-5-6-7-9-22-19-25(32-27(31)10-8-13-30-14-16-34-17-15-30)28-23-18-21(2)11-12-24(23)29(3,4)33-26(28)20-22/h18-20,23-24H,5-17H2,1-4H3. The SMILES string of the molecule is CCCCCc1cc(OC(=O)CCCN2CCSCC2)c2c(c1)OC(C)(C)C1CCC(C)=CC21. The highest BCUT2D eigenvalue weighted by Crippen LogP contribution is 2.53. The van der Waals surface area contributed by atoms with Crippen molar-refractivity contribution in [2.75, 3.05) is 31.1 Å². The van der Waals surface area contributed by atoms with Gasteiger partial charge in [0.25, 0.3) is 0 Å². The number of nitrogens with zero attached hydrogens (tertiary/aromatic N) is 1. The molecule has 4 rings (SSSR count). The highest BCUT2D eigenvalue weighted by atomic mass is 32.2. The highest BCUT2D eigenvalue weighted by molar-refractivity contribution is 7.99. The summed E-state index contributed by atoms with van der Waals surface area (Å²) in [6, 6.07) is 4.34. The second kappa shape index (κ2) is 11.5. The van der Waals surface area contributed by atoms with Crippen molar-refractivity contribution >= 4 is 17.7 Å². The topological polar surface area (TPSA) is 38.8 Å². The smallest absolute Gasteiger partial charge is 0.311 e. The number of allylic oxidation sites excluding steroid dienone is 2. The van der Waals surface area contributed by atoms with Crippen LogP contribution in [0.4, 0.5) is 0 Å². The summed E-state index contributed by atoms with van der Waals surface area (Å²) in [6.45, 7) is 12.1. The number of hydrogen-bond donors (Lipinski definition) is 0. The largest absolute Gasteiger partial charge is 0.487 e. The van der Waals surface area contributed by atoms with Gasteiger partial charge in [0, 0.05) is 48.4 Å². The third kappa shape index (κ3) is 6.20. The number of thioether (sulfide) groups is 1. The minimum Gasteiger partial charge on any atom is -0.487 e. The van der Waals surface area contributed by atoms with E-state index in [-0.39, 0.29) is 17.5 Å². The third-order valence-electron chi connectivity index (χ3n) is 7.76. The molecule has 2 heterocycles. The van der Waals surface area contributed by atoms with Gasteiger partial charge in [-0.25, -0.2) is 0 Å². The molecule has 0 saturated carbocycles. The molecule has 2 aliphatic heterocycles. The molecule has 5 heteroatoms. The molecule has 1 fully saturated rings. The number of carbonyl (C=O) groups is 1. The predicted octanol–water partition coefficient (Wildman–Crippen LogP) is 6.76. The summed E-state index contributed by atoms with van der Waals surface area (Å²) in [4.78, 5) is 15.4. The molecular weight excluding hydrogens is 442 g/mol. The van der Waals surface area contributed by atoms with Gasteiger partial charge in [0.05, 0.1) is 0 Å². The second-order valence-corrected chi connectivity index (χ2v) is 12.1. The van der Waals surface area contributed by atoms with Crippen LogP contribution in [0.15, 0.2) is 23.8 Å². The van der Waals surface area contributed by atoms with Crippen LogP contribution in [0.2, 0.25) is 0 Å². The number of carbonyl (C=O) groups excluding carboxylic acids is 1. The van der Waals surface area contributed by atoms with E-state index < -0.39 is 0 Å². The second-order valence-electron chi connectivity index (χ2n) is 10.9. The number of hydrogen-bond acceptors (Lipinski definition) is 5. The van der Waals surface area contributed by atoms with E-state index in [4.69, 9.17) is 9.47 Å². The van der Waals surface area contributed by atoms with Gasteiger partial charge in [-0.3, -0.25) is 4.79 Å². The maximum Gasteiger partial charge on any atom is 0.311 e. The molecule has 34 heavy (non-hydrogen) atoms. The van der Waals surface area contributed by atoms with Crippen molar-refractivity contribution in [3.05, 3.63) is 34.9 Å². The number of unbranched alkanes of at least 4 members (excludes halogenated alkanes) is 2. The number of aryl methyl sites for hydroxylation is 1. The Kier molecular flexibility index (Phi) is 8.68. The lowest BCUT2D eigenvalue weighted by Gasteiger charge is -2.46. The Morgan fingerprint density at radius 1 is 1.21 bits per heavy atom. The summed E-state index contributed by atoms with van der Waals surface area (Å²) in [5.74, 6) is 4.58. The van der Waals surface area contributed by atoms with Gasteiger partial charge in [0.15, 0.2) is 0 Å². The molecule has 3 aliphatic rings. The van der Waals surface area contributed by atoms with Crippen LogP contribution in [0, 0.1) is 5.92 Å². The molecule has 0 bridgehead atoms. The molecule has 0 N–H and O–H groups in total. The van der Waals surface area contributed by atoms with Crippen molar-refractivity contribution in [1.82, 2.24) is 4.90 Å². The minimum absolute atomic E-state index is 0.114. The Balaban J connectivity index is 1.55. The maximum absolute atomic E-state index is 13.0. The van der Waals surface area contributed by atoms with Crippen LogP contribution < -0.4 is 9.47 Å². The van der Waals surface area contributed by atoms with E-state index in [1.807, 2.05) is 11.8 Å². The van der Waals surface area contributed by atoms with Crippen LogP contribution in [0.1, 0.15) is 89.7 Å². The van der Waals surface area contributed by atoms with Crippen LogP contribution in [0.25, 0.3) is 0 Å². The number of esters is 1. The first-order valence-corrected chi connectivity index (χ1v) is 14.6. The van der Waals surface area contributed by atoms with Crippen LogP contribution in [0.3, 0.4) is 0 Å². The first-order chi connectivity index (χ1) is 16.4. The molecule has 1 aromatic carbocycles. The van der Waals surface area contributed by atoms with E-state index in [9.17, 15) is 4.79 Å².